The lowest BCUT2D eigenvalue weighted by Gasteiger charge is -2.10. The third-order valence-corrected chi connectivity index (χ3v) is 4.13. The Balaban J connectivity index is 0.00000243. The summed E-state index contributed by atoms with van der Waals surface area (Å²) in [6.07, 6.45) is 6.88. The number of aromatic nitrogens is 3. The highest BCUT2D eigenvalue weighted by atomic mass is 127. The van der Waals surface area contributed by atoms with Gasteiger partial charge in [-0.1, -0.05) is 12.1 Å². The second kappa shape index (κ2) is 9.61. The molecule has 2 aromatic heterocycles. The van der Waals surface area contributed by atoms with E-state index in [1.165, 1.54) is 22.0 Å². The zero-order valence-corrected chi connectivity index (χ0v) is 17.9. The van der Waals surface area contributed by atoms with Gasteiger partial charge in [0.2, 0.25) is 0 Å². The molecule has 3 N–H and O–H groups in total. The van der Waals surface area contributed by atoms with Crippen LogP contribution in [0.1, 0.15) is 23.6 Å². The van der Waals surface area contributed by atoms with Gasteiger partial charge in [-0.15, -0.1) is 24.0 Å². The van der Waals surface area contributed by atoms with E-state index in [0.29, 0.717) is 6.54 Å². The van der Waals surface area contributed by atoms with Crippen LogP contribution in [-0.2, 0) is 20.0 Å². The van der Waals surface area contributed by atoms with Gasteiger partial charge < -0.3 is 15.6 Å². The highest BCUT2D eigenvalue weighted by molar-refractivity contribution is 14.0. The van der Waals surface area contributed by atoms with E-state index in [4.69, 9.17) is 0 Å². The highest BCUT2D eigenvalue weighted by Gasteiger charge is 2.04. The van der Waals surface area contributed by atoms with Crippen LogP contribution in [0.25, 0.3) is 10.9 Å². The van der Waals surface area contributed by atoms with E-state index in [2.05, 4.69) is 64.0 Å². The summed E-state index contributed by atoms with van der Waals surface area (Å²) in [5, 5.41) is 12.2. The number of hydrogen-bond donors (Lipinski definition) is 3. The van der Waals surface area contributed by atoms with E-state index >= 15 is 0 Å². The average Bonchev–Trinajstić information content (AvgIpc) is 3.18. The van der Waals surface area contributed by atoms with Crippen molar-refractivity contribution < 1.29 is 0 Å². The van der Waals surface area contributed by atoms with Gasteiger partial charge in [0.25, 0.3) is 0 Å². The Hall–Kier alpha value is -2.03. The monoisotopic (exact) mass is 466 g/mol. The number of nitrogens with zero attached hydrogens (tertiary/aromatic N) is 3. The van der Waals surface area contributed by atoms with E-state index < -0.39 is 0 Å². The Bertz CT molecular complexity index is 864. The smallest absolute Gasteiger partial charge is 0.191 e. The van der Waals surface area contributed by atoms with Crippen LogP contribution >= 0.6 is 24.0 Å². The molecule has 0 bridgehead atoms. The molecule has 0 aliphatic carbocycles. The van der Waals surface area contributed by atoms with Crippen molar-refractivity contribution in [1.29, 1.82) is 0 Å². The molecule has 2 heterocycles. The van der Waals surface area contributed by atoms with Crippen molar-refractivity contribution in [3.05, 3.63) is 53.5 Å². The molecule has 0 saturated carbocycles. The van der Waals surface area contributed by atoms with E-state index in [0.717, 1.165) is 31.0 Å². The van der Waals surface area contributed by atoms with Crippen molar-refractivity contribution >= 4 is 40.8 Å². The maximum atomic E-state index is 4.62. The van der Waals surface area contributed by atoms with Gasteiger partial charge in [-0.2, -0.15) is 5.10 Å². The van der Waals surface area contributed by atoms with E-state index in [1.807, 2.05) is 19.4 Å². The SMILES string of the molecule is CCNC(=NCc1cnn(C)c1)NCCc1c[nH]c2cc(C)ccc12.I. The largest absolute Gasteiger partial charge is 0.361 e. The first-order valence-corrected chi connectivity index (χ1v) is 8.72. The van der Waals surface area contributed by atoms with Gasteiger partial charge in [0, 0.05) is 49.0 Å². The predicted molar refractivity (Wildman–Crippen MR) is 118 cm³/mol. The Labute approximate surface area is 171 Å². The first-order valence-electron chi connectivity index (χ1n) is 8.72. The van der Waals surface area contributed by atoms with Crippen molar-refractivity contribution in [3.8, 4) is 0 Å². The van der Waals surface area contributed by atoms with Gasteiger partial charge in [-0.05, 0) is 37.5 Å². The molecule has 0 amide bonds. The number of halogens is 1. The second-order valence-electron chi connectivity index (χ2n) is 6.26. The predicted octanol–water partition coefficient (Wildman–Crippen LogP) is 3.13. The van der Waals surface area contributed by atoms with Crippen LogP contribution in [0.4, 0.5) is 0 Å². The zero-order chi connectivity index (χ0) is 17.6. The molecule has 0 aliphatic rings. The number of hydrogen-bond acceptors (Lipinski definition) is 2. The van der Waals surface area contributed by atoms with Crippen LogP contribution in [0, 0.1) is 6.92 Å². The van der Waals surface area contributed by atoms with Crippen molar-refractivity contribution in [2.24, 2.45) is 12.0 Å². The molecule has 0 aliphatic heterocycles. The summed E-state index contributed by atoms with van der Waals surface area (Å²) in [5.74, 6) is 0.835. The molecule has 0 fully saturated rings. The Kier molecular flexibility index (Phi) is 7.50. The molecule has 3 aromatic rings. The van der Waals surface area contributed by atoms with Crippen LogP contribution in [0.2, 0.25) is 0 Å². The molecule has 7 heteroatoms. The van der Waals surface area contributed by atoms with Crippen LogP contribution in [0.15, 0.2) is 41.8 Å². The third-order valence-electron chi connectivity index (χ3n) is 4.13. The molecule has 140 valence electrons. The van der Waals surface area contributed by atoms with Gasteiger partial charge in [-0.25, -0.2) is 4.99 Å². The van der Waals surface area contributed by atoms with Crippen molar-refractivity contribution in [3.63, 3.8) is 0 Å². The first-order chi connectivity index (χ1) is 12.2. The number of benzene rings is 1. The van der Waals surface area contributed by atoms with E-state index in [1.54, 1.807) is 4.68 Å². The van der Waals surface area contributed by atoms with Gasteiger partial charge in [0.1, 0.15) is 0 Å². The summed E-state index contributed by atoms with van der Waals surface area (Å²) in [7, 11) is 1.92. The lowest BCUT2D eigenvalue weighted by molar-refractivity contribution is 0.766. The number of aromatic amines is 1. The fourth-order valence-electron chi connectivity index (χ4n) is 2.89. The summed E-state index contributed by atoms with van der Waals surface area (Å²) < 4.78 is 1.80. The summed E-state index contributed by atoms with van der Waals surface area (Å²) >= 11 is 0. The van der Waals surface area contributed by atoms with Gasteiger partial charge in [-0.3, -0.25) is 4.68 Å². The van der Waals surface area contributed by atoms with E-state index in [9.17, 15) is 0 Å². The van der Waals surface area contributed by atoms with Gasteiger partial charge >= 0.3 is 0 Å². The maximum Gasteiger partial charge on any atom is 0.191 e. The topological polar surface area (TPSA) is 70.0 Å². The number of fused-ring (bicyclic) bond motifs is 1. The Morgan fingerprint density at radius 3 is 2.88 bits per heavy atom. The standard InChI is InChI=1S/C19H26N6.HI/c1-4-20-19(23-10-15-11-24-25(3)13-15)21-8-7-16-12-22-18-9-14(2)5-6-17(16)18;/h5-6,9,11-13,22H,4,7-8,10H2,1-3H3,(H2,20,21,23);1H. The second-order valence-corrected chi connectivity index (χ2v) is 6.26. The number of guanidine groups is 1. The lowest BCUT2D eigenvalue weighted by atomic mass is 10.1. The fourth-order valence-corrected chi connectivity index (χ4v) is 2.89. The van der Waals surface area contributed by atoms with Crippen molar-refractivity contribution in [1.82, 2.24) is 25.4 Å². The first kappa shape index (κ1) is 20.3. The van der Waals surface area contributed by atoms with Crippen LogP contribution in [0.5, 0.6) is 0 Å². The quantitative estimate of drug-likeness (QED) is 0.297. The van der Waals surface area contributed by atoms with Crippen LogP contribution < -0.4 is 10.6 Å². The zero-order valence-electron chi connectivity index (χ0n) is 15.5. The van der Waals surface area contributed by atoms with Crippen molar-refractivity contribution in [2.45, 2.75) is 26.8 Å². The lowest BCUT2D eigenvalue weighted by Crippen LogP contribution is -2.38. The molecule has 26 heavy (non-hydrogen) atoms. The molecular formula is C19H27IN6. The van der Waals surface area contributed by atoms with Crippen LogP contribution in [0.3, 0.4) is 0 Å². The summed E-state index contributed by atoms with van der Waals surface area (Å²) in [4.78, 5) is 7.98. The molecule has 0 atom stereocenters. The minimum atomic E-state index is 0. The molecule has 3 rings (SSSR count). The minimum absolute atomic E-state index is 0. The number of nitrogens with one attached hydrogen (secondary N) is 3. The number of aryl methyl sites for hydroxylation is 2. The summed E-state index contributed by atoms with van der Waals surface area (Å²) in [6.45, 7) is 6.48. The molecule has 0 unspecified atom stereocenters. The molecule has 0 radical (unpaired) electrons. The van der Waals surface area contributed by atoms with Crippen molar-refractivity contribution in [2.75, 3.05) is 13.1 Å². The number of aliphatic imine (C=N–C) groups is 1. The highest BCUT2D eigenvalue weighted by Crippen LogP contribution is 2.19. The normalized spacial score (nSPS) is 11.4. The van der Waals surface area contributed by atoms with Gasteiger partial charge in [0.15, 0.2) is 5.96 Å². The fraction of sp³-hybridized carbons (Fsp3) is 0.368. The minimum Gasteiger partial charge on any atom is -0.361 e. The van der Waals surface area contributed by atoms with Crippen LogP contribution in [-0.4, -0.2) is 33.8 Å². The average molecular weight is 466 g/mol. The third kappa shape index (κ3) is 5.23. The number of H-pyrrole nitrogens is 1. The maximum absolute atomic E-state index is 4.62. The van der Waals surface area contributed by atoms with Gasteiger partial charge in [0.05, 0.1) is 12.7 Å². The van der Waals surface area contributed by atoms with E-state index in [-0.39, 0.29) is 24.0 Å². The Morgan fingerprint density at radius 1 is 1.31 bits per heavy atom. The number of rotatable bonds is 6. The molecule has 6 nitrogen and oxygen atoms in total. The molecular weight excluding hydrogens is 439 g/mol. The molecule has 1 aromatic carbocycles. The molecule has 0 spiro atoms. The summed E-state index contributed by atoms with van der Waals surface area (Å²) in [6, 6.07) is 6.54. The summed E-state index contributed by atoms with van der Waals surface area (Å²) in [5.41, 5.74) is 4.90. The molecule has 0 saturated heterocycles. The Morgan fingerprint density at radius 2 is 2.15 bits per heavy atom.